The number of fused-ring (bicyclic) bond motifs is 2. The van der Waals surface area contributed by atoms with Gasteiger partial charge in [-0.1, -0.05) is 24.6 Å². The molecule has 0 radical (unpaired) electrons. The average Bonchev–Trinajstić information content (AvgIpc) is 3.56. The number of carbonyl (C=O) groups is 1. The topological polar surface area (TPSA) is 133 Å². The molecule has 2 aliphatic heterocycles. The number of aliphatic hydroxyl groups is 1. The minimum atomic E-state index is -0.876. The third kappa shape index (κ3) is 4.04. The number of imidazole rings is 1. The minimum Gasteiger partial charge on any atom is -0.395 e. The van der Waals surface area contributed by atoms with Gasteiger partial charge >= 0.3 is 0 Å². The van der Waals surface area contributed by atoms with Crippen LogP contribution in [0.2, 0.25) is 0 Å². The quantitative estimate of drug-likeness (QED) is 0.485. The van der Waals surface area contributed by atoms with E-state index in [9.17, 15) is 4.79 Å². The van der Waals surface area contributed by atoms with E-state index in [2.05, 4.69) is 25.6 Å². The van der Waals surface area contributed by atoms with Gasteiger partial charge in [-0.05, 0) is 25.0 Å². The van der Waals surface area contributed by atoms with Crippen LogP contribution in [0.15, 0.2) is 43.0 Å². The maximum Gasteiger partial charge on any atom is 0.252 e. The molecule has 4 atom stereocenters. The molecule has 2 saturated heterocycles. The van der Waals surface area contributed by atoms with Crippen LogP contribution in [-0.2, 0) is 19.0 Å². The Morgan fingerprint density at radius 3 is 2.69 bits per heavy atom. The molecular formula is C24H28N6O5. The number of para-hydroxylation sites is 1. The first-order chi connectivity index (χ1) is 17.2. The van der Waals surface area contributed by atoms with Crippen molar-refractivity contribution in [1.82, 2.24) is 24.8 Å². The van der Waals surface area contributed by atoms with E-state index in [0.29, 0.717) is 17.0 Å². The van der Waals surface area contributed by atoms with Crippen molar-refractivity contribution in [3.05, 3.63) is 43.0 Å². The number of anilines is 2. The van der Waals surface area contributed by atoms with Gasteiger partial charge < -0.3 is 30.0 Å². The van der Waals surface area contributed by atoms with Crippen molar-refractivity contribution in [1.29, 1.82) is 0 Å². The lowest BCUT2D eigenvalue weighted by Crippen LogP contribution is -2.44. The average molecular weight is 481 g/mol. The second kappa shape index (κ2) is 9.15. The first-order valence-electron chi connectivity index (χ1n) is 12.1. The summed E-state index contributed by atoms with van der Waals surface area (Å²) in [6.07, 6.45) is 5.25. The number of nitrogens with one attached hydrogen (secondary N) is 2. The molecule has 3 aromatic rings. The van der Waals surface area contributed by atoms with Gasteiger partial charge in [0, 0.05) is 25.1 Å². The van der Waals surface area contributed by atoms with E-state index in [1.165, 1.54) is 6.33 Å². The number of rotatable bonds is 6. The summed E-state index contributed by atoms with van der Waals surface area (Å²) in [6.45, 7) is -0.0138. The summed E-state index contributed by atoms with van der Waals surface area (Å²) >= 11 is 0. The van der Waals surface area contributed by atoms with E-state index in [0.717, 1.165) is 37.8 Å². The number of hydrogen-bond acceptors (Lipinski definition) is 9. The molecule has 11 heteroatoms. The molecule has 0 bridgehead atoms. The monoisotopic (exact) mass is 480 g/mol. The Bertz CT molecular complexity index is 1200. The fraction of sp³-hybridized carbons (Fsp3) is 0.500. The Hall–Kier alpha value is -3.12. The Morgan fingerprint density at radius 2 is 1.89 bits per heavy atom. The molecule has 35 heavy (non-hydrogen) atoms. The number of benzene rings is 1. The SMILES string of the molecule is O=C(NCCO)[C@H]1O[C@@H](n2cnc3c(Nc4ccccc4)ncnc32)[C@@H]2OC3(CCCCC3)O[C@@H]21. The van der Waals surface area contributed by atoms with Crippen molar-refractivity contribution in [2.24, 2.45) is 0 Å². The highest BCUT2D eigenvalue weighted by Crippen LogP contribution is 2.49. The molecule has 3 fully saturated rings. The zero-order valence-electron chi connectivity index (χ0n) is 19.2. The van der Waals surface area contributed by atoms with Crippen molar-refractivity contribution < 1.29 is 24.1 Å². The van der Waals surface area contributed by atoms with E-state index in [4.69, 9.17) is 19.3 Å². The molecule has 3 N–H and O–H groups in total. The fourth-order valence-electron chi connectivity index (χ4n) is 5.25. The van der Waals surface area contributed by atoms with Crippen molar-refractivity contribution in [2.75, 3.05) is 18.5 Å². The molecule has 1 amide bonds. The van der Waals surface area contributed by atoms with Gasteiger partial charge in [-0.3, -0.25) is 9.36 Å². The number of ether oxygens (including phenoxy) is 3. The number of carbonyl (C=O) groups excluding carboxylic acids is 1. The summed E-state index contributed by atoms with van der Waals surface area (Å²) in [5.41, 5.74) is 2.02. The largest absolute Gasteiger partial charge is 0.395 e. The molecule has 184 valence electrons. The molecule has 1 aromatic carbocycles. The number of amides is 1. The summed E-state index contributed by atoms with van der Waals surface area (Å²) in [4.78, 5) is 26.3. The Labute approximate surface area is 201 Å². The highest BCUT2D eigenvalue weighted by Gasteiger charge is 2.60. The van der Waals surface area contributed by atoms with Crippen molar-refractivity contribution in [3.8, 4) is 0 Å². The molecule has 1 aliphatic carbocycles. The van der Waals surface area contributed by atoms with Crippen LogP contribution in [0.25, 0.3) is 11.2 Å². The lowest BCUT2D eigenvalue weighted by atomic mass is 9.94. The first-order valence-corrected chi connectivity index (χ1v) is 12.1. The first kappa shape index (κ1) is 22.4. The summed E-state index contributed by atoms with van der Waals surface area (Å²) < 4.78 is 21.0. The standard InChI is InChI=1S/C24H28N6O5/c31-12-11-25-22(32)18-17-19(35-24(34-17)9-5-2-6-10-24)23(33-18)30-14-28-16-20(26-13-27-21(16)30)29-15-7-3-1-4-8-15/h1,3-4,7-8,13-14,17-19,23,31H,2,5-6,9-12H2,(H,25,32)(H,26,27,29)/t17-,18+,19-,23-/m1/s1. The van der Waals surface area contributed by atoms with Crippen molar-refractivity contribution >= 4 is 28.6 Å². The fourth-order valence-corrected chi connectivity index (χ4v) is 5.25. The maximum absolute atomic E-state index is 12.9. The van der Waals surface area contributed by atoms with Gasteiger partial charge in [-0.15, -0.1) is 0 Å². The number of nitrogens with zero attached hydrogens (tertiary/aromatic N) is 4. The molecule has 1 spiro atoms. The van der Waals surface area contributed by atoms with Crippen LogP contribution in [0, 0.1) is 0 Å². The second-order valence-corrected chi connectivity index (χ2v) is 9.14. The zero-order chi connectivity index (χ0) is 23.8. The van der Waals surface area contributed by atoms with E-state index in [1.807, 2.05) is 30.3 Å². The maximum atomic E-state index is 12.9. The van der Waals surface area contributed by atoms with Gasteiger partial charge in [0.05, 0.1) is 12.9 Å². The third-order valence-corrected chi connectivity index (χ3v) is 6.85. The Morgan fingerprint density at radius 1 is 1.09 bits per heavy atom. The van der Waals surface area contributed by atoms with Crippen LogP contribution in [0.4, 0.5) is 11.5 Å². The minimum absolute atomic E-state index is 0.141. The smallest absolute Gasteiger partial charge is 0.252 e. The summed E-state index contributed by atoms with van der Waals surface area (Å²) in [5, 5.41) is 15.1. The molecule has 1 saturated carbocycles. The van der Waals surface area contributed by atoms with Crippen LogP contribution in [0.5, 0.6) is 0 Å². The lowest BCUT2D eigenvalue weighted by molar-refractivity contribution is -0.229. The van der Waals surface area contributed by atoms with Gasteiger partial charge in [0.2, 0.25) is 0 Å². The summed E-state index contributed by atoms with van der Waals surface area (Å²) in [5.74, 6) is -0.464. The number of aromatic nitrogens is 4. The van der Waals surface area contributed by atoms with Gasteiger partial charge in [-0.2, -0.15) is 0 Å². The molecule has 2 aromatic heterocycles. The second-order valence-electron chi connectivity index (χ2n) is 9.14. The highest BCUT2D eigenvalue weighted by atomic mass is 16.8. The van der Waals surface area contributed by atoms with Crippen LogP contribution in [0.3, 0.4) is 0 Å². The number of hydrogen-bond donors (Lipinski definition) is 3. The summed E-state index contributed by atoms with van der Waals surface area (Å²) in [7, 11) is 0. The molecular weight excluding hydrogens is 452 g/mol. The predicted molar refractivity (Wildman–Crippen MR) is 125 cm³/mol. The van der Waals surface area contributed by atoms with Crippen LogP contribution >= 0.6 is 0 Å². The molecule has 4 heterocycles. The van der Waals surface area contributed by atoms with Crippen LogP contribution < -0.4 is 10.6 Å². The molecule has 0 unspecified atom stereocenters. The lowest BCUT2D eigenvalue weighted by Gasteiger charge is -2.34. The van der Waals surface area contributed by atoms with Gasteiger partial charge in [-0.25, -0.2) is 15.0 Å². The predicted octanol–water partition coefficient (Wildman–Crippen LogP) is 2.02. The number of aliphatic hydroxyl groups excluding tert-OH is 1. The van der Waals surface area contributed by atoms with Gasteiger partial charge in [0.1, 0.15) is 18.5 Å². The van der Waals surface area contributed by atoms with Crippen molar-refractivity contribution in [2.45, 2.75) is 62.4 Å². The van der Waals surface area contributed by atoms with E-state index in [-0.39, 0.29) is 19.1 Å². The molecule has 3 aliphatic rings. The normalized spacial score (nSPS) is 27.2. The Balaban J connectivity index is 1.33. The zero-order valence-corrected chi connectivity index (χ0v) is 19.2. The van der Waals surface area contributed by atoms with Crippen LogP contribution in [0.1, 0.15) is 38.3 Å². The Kier molecular flexibility index (Phi) is 5.85. The highest BCUT2D eigenvalue weighted by molar-refractivity contribution is 5.85. The third-order valence-electron chi connectivity index (χ3n) is 6.85. The van der Waals surface area contributed by atoms with Gasteiger partial charge in [0.25, 0.3) is 5.91 Å². The van der Waals surface area contributed by atoms with Crippen LogP contribution in [-0.4, -0.2) is 67.8 Å². The van der Waals surface area contributed by atoms with E-state index >= 15 is 0 Å². The molecule has 6 rings (SSSR count). The van der Waals surface area contributed by atoms with E-state index < -0.39 is 30.3 Å². The summed E-state index contributed by atoms with van der Waals surface area (Å²) in [6, 6.07) is 9.70. The van der Waals surface area contributed by atoms with E-state index in [1.54, 1.807) is 10.9 Å². The van der Waals surface area contributed by atoms with Gasteiger partial charge in [0.15, 0.2) is 35.1 Å². The molecule has 11 nitrogen and oxygen atoms in total. The van der Waals surface area contributed by atoms with Crippen molar-refractivity contribution in [3.63, 3.8) is 0 Å².